The average molecular weight is 301 g/mol. The Balaban J connectivity index is 1.47. The number of ether oxygens (including phenoxy) is 2. The molecule has 0 aliphatic carbocycles. The molecule has 0 amide bonds. The van der Waals surface area contributed by atoms with Gasteiger partial charge < -0.3 is 19.4 Å². The van der Waals surface area contributed by atoms with Gasteiger partial charge in [0.15, 0.2) is 11.5 Å². The first-order chi connectivity index (χ1) is 10.7. The van der Waals surface area contributed by atoms with E-state index in [1.165, 1.54) is 5.56 Å². The maximum Gasteiger partial charge on any atom is 0.161 e. The highest BCUT2D eigenvalue weighted by atomic mass is 16.6. The van der Waals surface area contributed by atoms with Gasteiger partial charge in [-0.2, -0.15) is 0 Å². The molecule has 2 aromatic rings. The number of fused-ring (bicyclic) bond motifs is 1. The fourth-order valence-corrected chi connectivity index (χ4v) is 2.66. The van der Waals surface area contributed by atoms with Crippen LogP contribution in [0.4, 0.5) is 0 Å². The Hall–Kier alpha value is -2.01. The average Bonchev–Trinajstić information content (AvgIpc) is 2.92. The van der Waals surface area contributed by atoms with Crippen LogP contribution in [-0.4, -0.2) is 29.3 Å². The van der Waals surface area contributed by atoms with Crippen LogP contribution in [0.1, 0.15) is 18.3 Å². The smallest absolute Gasteiger partial charge is 0.161 e. The van der Waals surface area contributed by atoms with Gasteiger partial charge in [0, 0.05) is 25.5 Å². The van der Waals surface area contributed by atoms with Crippen molar-refractivity contribution in [1.82, 2.24) is 14.9 Å². The standard InChI is InChI=1S/C17H23N3O2/c1-13(12-20-6-5-19-14(20)2)10-18-11-15-3-4-16-17(9-15)22-8-7-21-16/h3-6,9,13,18H,7-8,10-12H2,1-2H3. The lowest BCUT2D eigenvalue weighted by Crippen LogP contribution is -2.24. The molecule has 5 heteroatoms. The number of rotatable bonds is 6. The first-order valence-electron chi connectivity index (χ1n) is 7.79. The monoisotopic (exact) mass is 301 g/mol. The summed E-state index contributed by atoms with van der Waals surface area (Å²) >= 11 is 0. The van der Waals surface area contributed by atoms with Gasteiger partial charge in [0.1, 0.15) is 19.0 Å². The summed E-state index contributed by atoms with van der Waals surface area (Å²) < 4.78 is 13.3. The van der Waals surface area contributed by atoms with Crippen LogP contribution in [0.25, 0.3) is 0 Å². The topological polar surface area (TPSA) is 48.3 Å². The number of aryl methyl sites for hydroxylation is 1. The van der Waals surface area contributed by atoms with Crippen LogP contribution in [-0.2, 0) is 13.1 Å². The van der Waals surface area contributed by atoms with Crippen LogP contribution < -0.4 is 14.8 Å². The third kappa shape index (κ3) is 3.60. The lowest BCUT2D eigenvalue weighted by atomic mass is 10.1. The maximum atomic E-state index is 5.61. The molecule has 1 unspecified atom stereocenters. The summed E-state index contributed by atoms with van der Waals surface area (Å²) in [5.41, 5.74) is 1.22. The molecule has 1 aliphatic rings. The molecule has 2 heterocycles. The quantitative estimate of drug-likeness (QED) is 0.890. The molecule has 3 rings (SSSR count). The second-order valence-corrected chi connectivity index (χ2v) is 5.84. The molecule has 1 aromatic carbocycles. The minimum absolute atomic E-state index is 0.546. The first kappa shape index (κ1) is 14.9. The van der Waals surface area contributed by atoms with Crippen LogP contribution in [0.2, 0.25) is 0 Å². The van der Waals surface area contributed by atoms with Crippen LogP contribution in [0.3, 0.4) is 0 Å². The second kappa shape index (κ2) is 6.83. The Bertz CT molecular complexity index is 624. The van der Waals surface area contributed by atoms with Crippen LogP contribution in [0.5, 0.6) is 11.5 Å². The van der Waals surface area contributed by atoms with E-state index in [0.717, 1.165) is 37.0 Å². The predicted octanol–water partition coefficient (Wildman–Crippen LogP) is 2.39. The summed E-state index contributed by atoms with van der Waals surface area (Å²) in [6, 6.07) is 6.14. The molecule has 118 valence electrons. The van der Waals surface area contributed by atoms with Crippen molar-refractivity contribution in [2.75, 3.05) is 19.8 Å². The highest BCUT2D eigenvalue weighted by Gasteiger charge is 2.11. The summed E-state index contributed by atoms with van der Waals surface area (Å²) in [4.78, 5) is 4.26. The SMILES string of the molecule is Cc1nccn1CC(C)CNCc1ccc2c(c1)OCCO2. The summed E-state index contributed by atoms with van der Waals surface area (Å²) in [7, 11) is 0. The molecule has 22 heavy (non-hydrogen) atoms. The van der Waals surface area contributed by atoms with Gasteiger partial charge >= 0.3 is 0 Å². The van der Waals surface area contributed by atoms with E-state index in [1.807, 2.05) is 25.4 Å². The maximum absolute atomic E-state index is 5.61. The van der Waals surface area contributed by atoms with Crippen molar-refractivity contribution in [2.45, 2.75) is 26.9 Å². The molecular formula is C17H23N3O2. The van der Waals surface area contributed by atoms with Gasteiger partial charge in [-0.05, 0) is 37.1 Å². The van der Waals surface area contributed by atoms with Crippen LogP contribution >= 0.6 is 0 Å². The summed E-state index contributed by atoms with van der Waals surface area (Å²) in [6.45, 7) is 8.34. The lowest BCUT2D eigenvalue weighted by molar-refractivity contribution is 0.171. The van der Waals surface area contributed by atoms with E-state index in [4.69, 9.17) is 9.47 Å². The van der Waals surface area contributed by atoms with E-state index in [-0.39, 0.29) is 0 Å². The molecule has 1 aliphatic heterocycles. The fraction of sp³-hybridized carbons (Fsp3) is 0.471. The molecule has 5 nitrogen and oxygen atoms in total. The van der Waals surface area contributed by atoms with E-state index >= 15 is 0 Å². The number of hydrogen-bond acceptors (Lipinski definition) is 4. The first-order valence-corrected chi connectivity index (χ1v) is 7.79. The van der Waals surface area contributed by atoms with Gasteiger partial charge in [0.25, 0.3) is 0 Å². The zero-order valence-electron chi connectivity index (χ0n) is 13.2. The Labute approximate surface area is 131 Å². The highest BCUT2D eigenvalue weighted by Crippen LogP contribution is 2.30. The Morgan fingerprint density at radius 1 is 1.27 bits per heavy atom. The van der Waals surface area contributed by atoms with E-state index < -0.39 is 0 Å². The molecule has 1 atom stereocenters. The largest absolute Gasteiger partial charge is 0.486 e. The summed E-state index contributed by atoms with van der Waals surface area (Å²) in [5.74, 6) is 3.32. The number of nitrogens with zero attached hydrogens (tertiary/aromatic N) is 2. The van der Waals surface area contributed by atoms with Gasteiger partial charge in [-0.3, -0.25) is 0 Å². The molecule has 1 aromatic heterocycles. The molecule has 0 bridgehead atoms. The minimum atomic E-state index is 0.546. The Morgan fingerprint density at radius 2 is 2.09 bits per heavy atom. The summed E-state index contributed by atoms with van der Waals surface area (Å²) in [6.07, 6.45) is 3.89. The molecule has 0 saturated heterocycles. The van der Waals surface area contributed by atoms with Crippen molar-refractivity contribution in [2.24, 2.45) is 5.92 Å². The van der Waals surface area contributed by atoms with Crippen molar-refractivity contribution < 1.29 is 9.47 Å². The fourth-order valence-electron chi connectivity index (χ4n) is 2.66. The minimum Gasteiger partial charge on any atom is -0.486 e. The molecular weight excluding hydrogens is 278 g/mol. The van der Waals surface area contributed by atoms with Crippen molar-refractivity contribution in [3.05, 3.63) is 42.0 Å². The van der Waals surface area contributed by atoms with E-state index in [2.05, 4.69) is 33.9 Å². The molecule has 0 fully saturated rings. The van der Waals surface area contributed by atoms with Crippen molar-refractivity contribution in [1.29, 1.82) is 0 Å². The third-order valence-electron chi connectivity index (χ3n) is 3.86. The third-order valence-corrected chi connectivity index (χ3v) is 3.86. The van der Waals surface area contributed by atoms with Gasteiger partial charge in [0.2, 0.25) is 0 Å². The molecule has 0 radical (unpaired) electrons. The number of imidazole rings is 1. The van der Waals surface area contributed by atoms with Gasteiger partial charge in [-0.1, -0.05) is 13.0 Å². The molecule has 0 saturated carbocycles. The van der Waals surface area contributed by atoms with Crippen LogP contribution in [0.15, 0.2) is 30.6 Å². The Morgan fingerprint density at radius 3 is 2.86 bits per heavy atom. The number of hydrogen-bond donors (Lipinski definition) is 1. The van der Waals surface area contributed by atoms with Gasteiger partial charge in [0.05, 0.1) is 0 Å². The van der Waals surface area contributed by atoms with Crippen molar-refractivity contribution in [3.8, 4) is 11.5 Å². The molecule has 1 N–H and O–H groups in total. The van der Waals surface area contributed by atoms with Gasteiger partial charge in [-0.25, -0.2) is 4.98 Å². The predicted molar refractivity (Wildman–Crippen MR) is 85.3 cm³/mol. The number of nitrogens with one attached hydrogen (secondary N) is 1. The normalized spacial score (nSPS) is 14.8. The summed E-state index contributed by atoms with van der Waals surface area (Å²) in [5, 5.41) is 3.51. The zero-order valence-corrected chi connectivity index (χ0v) is 13.2. The Kier molecular flexibility index (Phi) is 4.63. The van der Waals surface area contributed by atoms with E-state index in [1.54, 1.807) is 0 Å². The zero-order chi connectivity index (χ0) is 15.4. The number of aromatic nitrogens is 2. The van der Waals surface area contributed by atoms with E-state index in [9.17, 15) is 0 Å². The second-order valence-electron chi connectivity index (χ2n) is 5.84. The van der Waals surface area contributed by atoms with Gasteiger partial charge in [-0.15, -0.1) is 0 Å². The lowest BCUT2D eigenvalue weighted by Gasteiger charge is -2.19. The van der Waals surface area contributed by atoms with Crippen LogP contribution in [0, 0.1) is 12.8 Å². The highest BCUT2D eigenvalue weighted by molar-refractivity contribution is 5.43. The molecule has 0 spiro atoms. The van der Waals surface area contributed by atoms with Crippen molar-refractivity contribution in [3.63, 3.8) is 0 Å². The van der Waals surface area contributed by atoms with E-state index in [0.29, 0.717) is 19.1 Å². The van der Waals surface area contributed by atoms with Crippen molar-refractivity contribution >= 4 is 0 Å². The number of benzene rings is 1.